The van der Waals surface area contributed by atoms with Crippen LogP contribution >= 0.6 is 0 Å². The molecule has 5 aliphatic carbocycles. The zero-order valence-corrected chi connectivity index (χ0v) is 15.7. The molecule has 0 aromatic heterocycles. The van der Waals surface area contributed by atoms with E-state index in [2.05, 4.69) is 19.9 Å². The van der Waals surface area contributed by atoms with Crippen LogP contribution in [0.1, 0.15) is 52.4 Å². The smallest absolute Gasteiger partial charge is 0.331 e. The molecule has 6 aliphatic rings. The maximum Gasteiger partial charge on any atom is 0.331 e. The zero-order valence-electron chi connectivity index (χ0n) is 15.7. The number of esters is 1. The quantitative estimate of drug-likeness (QED) is 0.617. The molecule has 138 valence electrons. The molecule has 3 nitrogen and oxygen atoms in total. The Morgan fingerprint density at radius 1 is 1.19 bits per heavy atom. The van der Waals surface area contributed by atoms with E-state index >= 15 is 0 Å². The lowest BCUT2D eigenvalue weighted by Crippen LogP contribution is -2.56. The largest absolute Gasteiger partial charge is 0.451 e. The third-order valence-corrected chi connectivity index (χ3v) is 9.38. The van der Waals surface area contributed by atoms with Crippen molar-refractivity contribution in [2.24, 2.45) is 46.8 Å². The van der Waals surface area contributed by atoms with Crippen molar-refractivity contribution in [3.05, 3.63) is 23.8 Å². The van der Waals surface area contributed by atoms with Gasteiger partial charge in [0, 0.05) is 23.8 Å². The van der Waals surface area contributed by atoms with Crippen molar-refractivity contribution in [2.75, 3.05) is 0 Å². The maximum absolute atomic E-state index is 12.0. The number of carbonyl (C=O) groups excluding carboxylic acids is 2. The highest BCUT2D eigenvalue weighted by Crippen LogP contribution is 2.78. The van der Waals surface area contributed by atoms with Crippen molar-refractivity contribution in [2.45, 2.75) is 58.0 Å². The van der Waals surface area contributed by atoms with E-state index in [1.54, 1.807) is 6.08 Å². The van der Waals surface area contributed by atoms with E-state index in [9.17, 15) is 9.59 Å². The molecule has 1 aliphatic heterocycles. The highest BCUT2D eigenvalue weighted by molar-refractivity contribution is 5.91. The Morgan fingerprint density at radius 2 is 2.04 bits per heavy atom. The molecule has 0 saturated heterocycles. The standard InChI is InChI=1S/C23H28O3/c1-12-9-13-10-14(24)3-4-15(13)16-5-7-22(2)21(20(12)16)17-11-18(17)23(22)8-6-19(25)26-23/h6,8,10,12,15-18,20-21H,3-5,7,9,11H2,1-2H3/t12-,15+,16?,17-,18+,20?,21?,22+,23+/m1/s1. The normalized spacial score (nSPS) is 56.4. The molecule has 0 N–H and O–H groups in total. The molecule has 1 heterocycles. The second-order valence-corrected chi connectivity index (χ2v) is 10.3. The van der Waals surface area contributed by atoms with E-state index in [0.717, 1.165) is 43.4 Å². The van der Waals surface area contributed by atoms with Crippen LogP contribution in [0.2, 0.25) is 0 Å². The Labute approximate surface area is 155 Å². The number of fused-ring (bicyclic) bond motifs is 9. The topological polar surface area (TPSA) is 43.4 Å². The number of hydrogen-bond donors (Lipinski definition) is 0. The minimum Gasteiger partial charge on any atom is -0.451 e. The number of carbonyl (C=O) groups is 2. The van der Waals surface area contributed by atoms with E-state index in [-0.39, 0.29) is 17.0 Å². The minimum absolute atomic E-state index is 0.102. The number of ketones is 1. The lowest BCUT2D eigenvalue weighted by Gasteiger charge is -2.58. The predicted octanol–water partition coefficient (Wildman–Crippen LogP) is 4.08. The number of rotatable bonds is 0. The summed E-state index contributed by atoms with van der Waals surface area (Å²) in [6.07, 6.45) is 12.3. The lowest BCUT2D eigenvalue weighted by atomic mass is 9.47. The van der Waals surface area contributed by atoms with Gasteiger partial charge in [-0.3, -0.25) is 4.79 Å². The van der Waals surface area contributed by atoms with Gasteiger partial charge in [-0.15, -0.1) is 0 Å². The van der Waals surface area contributed by atoms with E-state index in [4.69, 9.17) is 4.74 Å². The summed E-state index contributed by atoms with van der Waals surface area (Å²) in [5, 5.41) is 0. The summed E-state index contributed by atoms with van der Waals surface area (Å²) in [5.74, 6) is 4.90. The second-order valence-electron chi connectivity index (χ2n) is 10.3. The monoisotopic (exact) mass is 352 g/mol. The van der Waals surface area contributed by atoms with Gasteiger partial charge in [0.2, 0.25) is 0 Å². The molecule has 0 amide bonds. The number of ether oxygens (including phenoxy) is 1. The van der Waals surface area contributed by atoms with Gasteiger partial charge in [0.05, 0.1) is 0 Å². The fourth-order valence-corrected chi connectivity index (χ4v) is 8.51. The minimum atomic E-state index is -0.317. The van der Waals surface area contributed by atoms with Crippen LogP contribution in [0.4, 0.5) is 0 Å². The molecule has 4 saturated carbocycles. The first kappa shape index (κ1) is 15.7. The van der Waals surface area contributed by atoms with Crippen LogP contribution < -0.4 is 0 Å². The highest BCUT2D eigenvalue weighted by atomic mass is 16.6. The molecule has 1 spiro atoms. The van der Waals surface area contributed by atoms with Crippen LogP contribution in [0.25, 0.3) is 0 Å². The Kier molecular flexibility index (Phi) is 2.84. The summed E-state index contributed by atoms with van der Waals surface area (Å²) in [7, 11) is 0. The lowest BCUT2D eigenvalue weighted by molar-refractivity contribution is -0.169. The van der Waals surface area contributed by atoms with Crippen molar-refractivity contribution in [1.29, 1.82) is 0 Å². The molecular formula is C23H28O3. The van der Waals surface area contributed by atoms with Gasteiger partial charge in [0.25, 0.3) is 0 Å². The van der Waals surface area contributed by atoms with E-state index in [0.29, 0.717) is 29.5 Å². The van der Waals surface area contributed by atoms with Crippen molar-refractivity contribution in [3.63, 3.8) is 0 Å². The van der Waals surface area contributed by atoms with E-state index in [1.165, 1.54) is 18.4 Å². The van der Waals surface area contributed by atoms with Gasteiger partial charge in [0.1, 0.15) is 5.60 Å². The summed E-state index contributed by atoms with van der Waals surface area (Å²) in [6.45, 7) is 4.84. The molecule has 0 bridgehead atoms. The predicted molar refractivity (Wildman–Crippen MR) is 97.0 cm³/mol. The van der Waals surface area contributed by atoms with Gasteiger partial charge in [-0.25, -0.2) is 4.79 Å². The van der Waals surface area contributed by atoms with Gasteiger partial charge >= 0.3 is 5.97 Å². The van der Waals surface area contributed by atoms with Gasteiger partial charge in [-0.2, -0.15) is 0 Å². The van der Waals surface area contributed by atoms with Crippen molar-refractivity contribution in [3.8, 4) is 0 Å². The Balaban J connectivity index is 1.41. The van der Waals surface area contributed by atoms with Crippen LogP contribution in [0.15, 0.2) is 23.8 Å². The molecule has 6 rings (SSSR count). The highest BCUT2D eigenvalue weighted by Gasteiger charge is 2.78. The molecule has 3 unspecified atom stereocenters. The van der Waals surface area contributed by atoms with Gasteiger partial charge in [-0.05, 0) is 79.8 Å². The molecule has 0 radical (unpaired) electrons. The molecule has 3 heteroatoms. The molecule has 0 aromatic carbocycles. The summed E-state index contributed by atoms with van der Waals surface area (Å²) in [4.78, 5) is 23.9. The van der Waals surface area contributed by atoms with E-state index < -0.39 is 0 Å². The van der Waals surface area contributed by atoms with Crippen LogP contribution in [0, 0.1) is 46.8 Å². The summed E-state index contributed by atoms with van der Waals surface area (Å²) in [6, 6.07) is 0. The summed E-state index contributed by atoms with van der Waals surface area (Å²) in [5.41, 5.74) is 1.23. The maximum atomic E-state index is 12.0. The summed E-state index contributed by atoms with van der Waals surface area (Å²) < 4.78 is 6.07. The first-order valence-electron chi connectivity index (χ1n) is 10.6. The average Bonchev–Trinajstić information content (AvgIpc) is 3.24. The van der Waals surface area contributed by atoms with E-state index in [1.807, 2.05) is 6.08 Å². The Morgan fingerprint density at radius 3 is 2.81 bits per heavy atom. The molecule has 0 aromatic rings. The van der Waals surface area contributed by atoms with Crippen LogP contribution in [0.5, 0.6) is 0 Å². The van der Waals surface area contributed by atoms with Crippen LogP contribution in [0.3, 0.4) is 0 Å². The first-order chi connectivity index (χ1) is 12.4. The first-order valence-corrected chi connectivity index (χ1v) is 10.6. The van der Waals surface area contributed by atoms with Crippen molar-refractivity contribution >= 4 is 11.8 Å². The van der Waals surface area contributed by atoms with Crippen molar-refractivity contribution < 1.29 is 14.3 Å². The molecular weight excluding hydrogens is 324 g/mol. The van der Waals surface area contributed by atoms with Gasteiger partial charge in [0.15, 0.2) is 5.78 Å². The second kappa shape index (κ2) is 4.72. The fourth-order valence-electron chi connectivity index (χ4n) is 8.51. The molecule has 4 fully saturated rings. The van der Waals surface area contributed by atoms with Crippen LogP contribution in [-0.4, -0.2) is 17.4 Å². The Hall–Kier alpha value is -1.38. The third-order valence-electron chi connectivity index (χ3n) is 9.38. The summed E-state index contributed by atoms with van der Waals surface area (Å²) >= 11 is 0. The zero-order chi connectivity index (χ0) is 17.8. The fraction of sp³-hybridized carbons (Fsp3) is 0.739. The average molecular weight is 352 g/mol. The van der Waals surface area contributed by atoms with Crippen molar-refractivity contribution in [1.82, 2.24) is 0 Å². The third kappa shape index (κ3) is 1.67. The number of hydrogen-bond acceptors (Lipinski definition) is 3. The van der Waals surface area contributed by atoms with Crippen LogP contribution in [-0.2, 0) is 14.3 Å². The Bertz CT molecular complexity index is 778. The molecule has 26 heavy (non-hydrogen) atoms. The van der Waals surface area contributed by atoms with Gasteiger partial charge in [-0.1, -0.05) is 19.4 Å². The number of allylic oxidation sites excluding steroid dienone is 1. The SMILES string of the molecule is C[C@@H]1CC2=CC(=O)CC[C@@H]2C2CC[C@@]3(C)C(C21)[C@@H]1C[C@@H]1[C@@]31C=CC(=O)O1. The molecule has 9 atom stereocenters. The van der Waals surface area contributed by atoms with Gasteiger partial charge < -0.3 is 4.74 Å².